The molecule has 5 nitrogen and oxygen atoms in total. The summed E-state index contributed by atoms with van der Waals surface area (Å²) in [6.07, 6.45) is 5.72. The zero-order valence-electron chi connectivity index (χ0n) is 8.97. The first-order valence-corrected chi connectivity index (χ1v) is 6.05. The molecule has 0 fully saturated rings. The predicted molar refractivity (Wildman–Crippen MR) is 63.9 cm³/mol. The van der Waals surface area contributed by atoms with Crippen molar-refractivity contribution in [1.29, 1.82) is 0 Å². The maximum Gasteiger partial charge on any atom is 0.0950 e. The molecule has 3 N–H and O–H groups in total. The molecule has 0 spiro atoms. The minimum absolute atomic E-state index is 0.643. The molecule has 16 heavy (non-hydrogen) atoms. The number of hydrogen-bond donors (Lipinski definition) is 2. The molecule has 0 atom stereocenters. The summed E-state index contributed by atoms with van der Waals surface area (Å²) in [5, 5.41) is 3.32. The molecule has 6 heteroatoms. The second kappa shape index (κ2) is 5.74. The van der Waals surface area contributed by atoms with E-state index >= 15 is 0 Å². The lowest BCUT2D eigenvalue weighted by Crippen LogP contribution is -2.12. The number of imidazole rings is 1. The average Bonchev–Trinajstić information content (AvgIpc) is 2.90. The normalized spacial score (nSPS) is 10.8. The van der Waals surface area contributed by atoms with Crippen molar-refractivity contribution in [2.75, 3.05) is 6.54 Å². The van der Waals surface area contributed by atoms with Crippen molar-refractivity contribution in [2.45, 2.75) is 19.6 Å². The van der Waals surface area contributed by atoms with Gasteiger partial charge in [-0.1, -0.05) is 0 Å². The van der Waals surface area contributed by atoms with Gasteiger partial charge in [0.25, 0.3) is 0 Å². The Morgan fingerprint density at radius 1 is 1.44 bits per heavy atom. The van der Waals surface area contributed by atoms with Gasteiger partial charge in [0, 0.05) is 43.4 Å². The highest BCUT2D eigenvalue weighted by Gasteiger charge is 1.99. The Hall–Kier alpha value is -1.24. The molecule has 2 aromatic heterocycles. The number of nitrogens with zero attached hydrogens (tertiary/aromatic N) is 3. The van der Waals surface area contributed by atoms with Crippen LogP contribution in [0.5, 0.6) is 0 Å². The fourth-order valence-corrected chi connectivity index (χ4v) is 1.98. The van der Waals surface area contributed by atoms with Gasteiger partial charge in [-0.25, -0.2) is 4.98 Å². The van der Waals surface area contributed by atoms with Crippen LogP contribution in [-0.2, 0) is 19.6 Å². The van der Waals surface area contributed by atoms with Gasteiger partial charge in [-0.05, 0) is 0 Å². The van der Waals surface area contributed by atoms with E-state index in [9.17, 15) is 0 Å². The SMILES string of the molecule is NCCn1cnc(CNCc2cncs2)c1. The highest BCUT2D eigenvalue weighted by atomic mass is 32.1. The highest BCUT2D eigenvalue weighted by Crippen LogP contribution is 2.04. The van der Waals surface area contributed by atoms with E-state index in [1.54, 1.807) is 11.3 Å². The van der Waals surface area contributed by atoms with Crippen molar-refractivity contribution in [3.05, 3.63) is 34.8 Å². The van der Waals surface area contributed by atoms with Gasteiger partial charge < -0.3 is 15.6 Å². The van der Waals surface area contributed by atoms with Gasteiger partial charge in [-0.3, -0.25) is 4.98 Å². The smallest absolute Gasteiger partial charge is 0.0950 e. The Bertz CT molecular complexity index is 409. The van der Waals surface area contributed by atoms with E-state index in [1.165, 1.54) is 4.88 Å². The number of nitrogens with one attached hydrogen (secondary N) is 1. The van der Waals surface area contributed by atoms with Crippen LogP contribution in [0.15, 0.2) is 24.2 Å². The first-order valence-electron chi connectivity index (χ1n) is 5.17. The Morgan fingerprint density at radius 3 is 3.12 bits per heavy atom. The summed E-state index contributed by atoms with van der Waals surface area (Å²) in [6, 6.07) is 0. The Balaban J connectivity index is 1.76. The molecule has 0 radical (unpaired) electrons. The Kier molecular flexibility index (Phi) is 4.03. The molecule has 0 aromatic carbocycles. The van der Waals surface area contributed by atoms with Gasteiger partial charge in [0.05, 0.1) is 17.5 Å². The van der Waals surface area contributed by atoms with Gasteiger partial charge in [0.2, 0.25) is 0 Å². The zero-order valence-corrected chi connectivity index (χ0v) is 9.78. The second-order valence-corrected chi connectivity index (χ2v) is 4.43. The van der Waals surface area contributed by atoms with Crippen LogP contribution >= 0.6 is 11.3 Å². The van der Waals surface area contributed by atoms with E-state index in [0.717, 1.165) is 25.3 Å². The third-order valence-corrected chi connectivity index (χ3v) is 2.94. The number of aromatic nitrogens is 3. The van der Waals surface area contributed by atoms with Crippen LogP contribution in [-0.4, -0.2) is 21.1 Å². The minimum atomic E-state index is 0.643. The molecule has 0 unspecified atom stereocenters. The van der Waals surface area contributed by atoms with E-state index in [-0.39, 0.29) is 0 Å². The summed E-state index contributed by atoms with van der Waals surface area (Å²) < 4.78 is 2.00. The third kappa shape index (κ3) is 3.13. The maximum absolute atomic E-state index is 5.46. The molecule has 0 saturated carbocycles. The van der Waals surface area contributed by atoms with Gasteiger partial charge in [0.1, 0.15) is 0 Å². The minimum Gasteiger partial charge on any atom is -0.336 e. The van der Waals surface area contributed by atoms with Crippen LogP contribution in [0.3, 0.4) is 0 Å². The summed E-state index contributed by atoms with van der Waals surface area (Å²) in [5.41, 5.74) is 8.34. The van der Waals surface area contributed by atoms with Crippen molar-refractivity contribution < 1.29 is 0 Å². The summed E-state index contributed by atoms with van der Waals surface area (Å²) in [5.74, 6) is 0. The summed E-state index contributed by atoms with van der Waals surface area (Å²) >= 11 is 1.66. The lowest BCUT2D eigenvalue weighted by molar-refractivity contribution is 0.682. The van der Waals surface area contributed by atoms with E-state index in [2.05, 4.69) is 15.3 Å². The lowest BCUT2D eigenvalue weighted by Gasteiger charge is -1.99. The number of hydrogen-bond acceptors (Lipinski definition) is 5. The lowest BCUT2D eigenvalue weighted by atomic mass is 10.4. The number of rotatable bonds is 6. The molecule has 0 aliphatic carbocycles. The first-order chi connectivity index (χ1) is 7.88. The topological polar surface area (TPSA) is 68.8 Å². The molecule has 0 aliphatic rings. The van der Waals surface area contributed by atoms with Crippen molar-refractivity contribution in [3.63, 3.8) is 0 Å². The van der Waals surface area contributed by atoms with Crippen molar-refractivity contribution >= 4 is 11.3 Å². The van der Waals surface area contributed by atoms with Crippen molar-refractivity contribution in [2.24, 2.45) is 5.73 Å². The van der Waals surface area contributed by atoms with Crippen LogP contribution in [0.4, 0.5) is 0 Å². The van der Waals surface area contributed by atoms with E-state index in [4.69, 9.17) is 5.73 Å². The molecule has 2 aromatic rings. The molecule has 0 bridgehead atoms. The average molecular weight is 237 g/mol. The number of thiazole rings is 1. The molecule has 2 rings (SSSR count). The zero-order chi connectivity index (χ0) is 11.2. The number of nitrogens with two attached hydrogens (primary N) is 1. The second-order valence-electron chi connectivity index (χ2n) is 3.46. The predicted octanol–water partition coefficient (Wildman–Crippen LogP) is 0.588. The van der Waals surface area contributed by atoms with Gasteiger partial charge in [-0.2, -0.15) is 0 Å². The Labute approximate surface area is 98.3 Å². The van der Waals surface area contributed by atoms with Crippen LogP contribution in [0.1, 0.15) is 10.6 Å². The largest absolute Gasteiger partial charge is 0.336 e. The van der Waals surface area contributed by atoms with Crippen LogP contribution in [0, 0.1) is 0 Å². The van der Waals surface area contributed by atoms with E-state index < -0.39 is 0 Å². The van der Waals surface area contributed by atoms with E-state index in [1.807, 2.05) is 28.8 Å². The van der Waals surface area contributed by atoms with Crippen molar-refractivity contribution in [1.82, 2.24) is 19.9 Å². The molecule has 0 aliphatic heterocycles. The quantitative estimate of drug-likeness (QED) is 0.771. The van der Waals surface area contributed by atoms with Crippen LogP contribution in [0.2, 0.25) is 0 Å². The molecule has 2 heterocycles. The molecular formula is C10H15N5S. The first kappa shape index (κ1) is 11.3. The van der Waals surface area contributed by atoms with Gasteiger partial charge >= 0.3 is 0 Å². The van der Waals surface area contributed by atoms with Crippen LogP contribution < -0.4 is 11.1 Å². The maximum atomic E-state index is 5.46. The summed E-state index contributed by atoms with van der Waals surface area (Å²) in [4.78, 5) is 9.54. The summed E-state index contributed by atoms with van der Waals surface area (Å²) in [6.45, 7) is 3.08. The third-order valence-electron chi connectivity index (χ3n) is 2.16. The highest BCUT2D eigenvalue weighted by molar-refractivity contribution is 7.09. The fourth-order valence-electron chi connectivity index (χ4n) is 1.41. The van der Waals surface area contributed by atoms with E-state index in [0.29, 0.717) is 6.54 Å². The van der Waals surface area contributed by atoms with Gasteiger partial charge in [0.15, 0.2) is 0 Å². The monoisotopic (exact) mass is 237 g/mol. The summed E-state index contributed by atoms with van der Waals surface area (Å²) in [7, 11) is 0. The van der Waals surface area contributed by atoms with Crippen molar-refractivity contribution in [3.8, 4) is 0 Å². The molecular weight excluding hydrogens is 222 g/mol. The molecule has 0 saturated heterocycles. The van der Waals surface area contributed by atoms with Gasteiger partial charge in [-0.15, -0.1) is 11.3 Å². The fraction of sp³-hybridized carbons (Fsp3) is 0.400. The molecule has 86 valence electrons. The van der Waals surface area contributed by atoms with Crippen LogP contribution in [0.25, 0.3) is 0 Å². The Morgan fingerprint density at radius 2 is 2.38 bits per heavy atom. The molecule has 0 amide bonds. The standard InChI is InChI=1S/C10H15N5S/c11-1-2-15-6-9(14-7-15)3-12-4-10-5-13-8-16-10/h5-8,12H,1-4,11H2.